The van der Waals surface area contributed by atoms with Gasteiger partial charge in [0.05, 0.1) is 0 Å². The van der Waals surface area contributed by atoms with Crippen LogP contribution in [0.2, 0.25) is 0 Å². The van der Waals surface area contributed by atoms with E-state index in [1.807, 2.05) is 0 Å². The third-order valence-corrected chi connectivity index (χ3v) is 1.09. The molecule has 0 bridgehead atoms. The summed E-state index contributed by atoms with van der Waals surface area (Å²) in [5.74, 6) is 10.2. The number of nitrogens with zero attached hydrogens (tertiary/aromatic N) is 4. The maximum atomic E-state index is 5.26. The number of thiol groups is 1. The Bertz CT molecular complexity index is 234. The highest BCUT2D eigenvalue weighted by Crippen LogP contribution is 1.71. The van der Waals surface area contributed by atoms with Crippen molar-refractivity contribution >= 4 is 12.8 Å². The third kappa shape index (κ3) is 0.854. The highest BCUT2D eigenvalue weighted by Gasteiger charge is 1.91. The molecule has 4 N–H and O–H groups in total. The van der Waals surface area contributed by atoms with E-state index >= 15 is 0 Å². The van der Waals surface area contributed by atoms with Crippen molar-refractivity contribution in [3.8, 4) is 0 Å². The normalized spacial score (nSPS) is 12.3. The van der Waals surface area contributed by atoms with Crippen molar-refractivity contribution in [2.24, 2.45) is 10.9 Å². The number of nitrogens with two attached hydrogens (primary N) is 2. The molecule has 0 amide bonds. The molecule has 1 heterocycles. The molecular formula is C2H6N6S. The monoisotopic (exact) mass is 146 g/mol. The van der Waals surface area contributed by atoms with Crippen LogP contribution in [-0.4, -0.2) is 13.9 Å². The second-order valence-electron chi connectivity index (χ2n) is 1.36. The summed E-state index contributed by atoms with van der Waals surface area (Å²) < 4.78 is 2.33. The predicted molar refractivity (Wildman–Crippen MR) is 34.5 cm³/mol. The molecule has 0 unspecified atom stereocenters. The molecule has 0 saturated heterocycles. The molecule has 1 aromatic rings. The van der Waals surface area contributed by atoms with Crippen LogP contribution in [0.5, 0.6) is 0 Å². The van der Waals surface area contributed by atoms with Gasteiger partial charge in [0.2, 0.25) is 0 Å². The van der Waals surface area contributed by atoms with Crippen LogP contribution in [0.15, 0.2) is 11.4 Å². The van der Waals surface area contributed by atoms with Crippen LogP contribution >= 0.6 is 12.8 Å². The Kier molecular flexibility index (Phi) is 1.35. The molecule has 50 valence electrons. The molecule has 0 atom stereocenters. The summed E-state index contributed by atoms with van der Waals surface area (Å²) in [6.07, 6.45) is 1.35. The average molecular weight is 146 g/mol. The highest BCUT2D eigenvalue weighted by atomic mass is 32.1. The molecule has 0 spiro atoms. The van der Waals surface area contributed by atoms with Crippen molar-refractivity contribution in [2.75, 3.05) is 5.84 Å². The van der Waals surface area contributed by atoms with E-state index in [9.17, 15) is 0 Å². The molecule has 0 saturated carbocycles. The Morgan fingerprint density at radius 3 is 2.67 bits per heavy atom. The van der Waals surface area contributed by atoms with E-state index in [0.717, 1.165) is 4.68 Å². The fourth-order valence-electron chi connectivity index (χ4n) is 0.429. The van der Waals surface area contributed by atoms with Crippen LogP contribution in [0.1, 0.15) is 0 Å². The van der Waals surface area contributed by atoms with E-state index in [1.54, 1.807) is 0 Å². The molecule has 1 rings (SSSR count). The minimum atomic E-state index is 0.290. The quantitative estimate of drug-likeness (QED) is 0.222. The van der Waals surface area contributed by atoms with Gasteiger partial charge in [0.15, 0.2) is 0 Å². The summed E-state index contributed by atoms with van der Waals surface area (Å²) in [4.78, 5) is 0. The number of rotatable bonds is 0. The highest BCUT2D eigenvalue weighted by molar-refractivity contribution is 7.78. The smallest absolute Gasteiger partial charge is 0.273 e. The Hall–Kier alpha value is -1.11. The van der Waals surface area contributed by atoms with Gasteiger partial charge in [-0.3, -0.25) is 0 Å². The van der Waals surface area contributed by atoms with Gasteiger partial charge in [-0.15, -0.1) is 10.2 Å². The van der Waals surface area contributed by atoms with Crippen molar-refractivity contribution in [1.82, 2.24) is 13.9 Å². The molecular weight excluding hydrogens is 140 g/mol. The average Bonchev–Trinajstić information content (AvgIpc) is 2.12. The van der Waals surface area contributed by atoms with Crippen LogP contribution in [-0.2, 0) is 0 Å². The van der Waals surface area contributed by atoms with Gasteiger partial charge in [-0.2, -0.15) is 4.09 Å². The van der Waals surface area contributed by atoms with E-state index in [0.29, 0.717) is 5.62 Å². The summed E-state index contributed by atoms with van der Waals surface area (Å²) >= 11 is 3.83. The number of hydrogen-bond acceptors (Lipinski definition) is 5. The van der Waals surface area contributed by atoms with Crippen molar-refractivity contribution in [3.05, 3.63) is 11.9 Å². The van der Waals surface area contributed by atoms with Crippen LogP contribution in [0.25, 0.3) is 0 Å². The van der Waals surface area contributed by atoms with Gasteiger partial charge in [-0.05, 0) is 12.8 Å². The second-order valence-corrected chi connectivity index (χ2v) is 1.74. The molecule has 0 fully saturated rings. The molecule has 1 aromatic heterocycles. The number of hydrogen-bond donors (Lipinski definition) is 3. The summed E-state index contributed by atoms with van der Waals surface area (Å²) in [6.45, 7) is 0. The Labute approximate surface area is 56.3 Å². The van der Waals surface area contributed by atoms with Crippen LogP contribution < -0.4 is 17.3 Å². The molecule has 0 radical (unpaired) electrons. The van der Waals surface area contributed by atoms with Gasteiger partial charge in [-0.1, -0.05) is 0 Å². The number of nitrogen functional groups attached to an aromatic ring is 1. The van der Waals surface area contributed by atoms with Gasteiger partial charge < -0.3 is 11.7 Å². The summed E-state index contributed by atoms with van der Waals surface area (Å²) in [6, 6.07) is 0. The van der Waals surface area contributed by atoms with Crippen molar-refractivity contribution < 1.29 is 0 Å². The zero-order valence-electron chi connectivity index (χ0n) is 4.47. The van der Waals surface area contributed by atoms with Gasteiger partial charge >= 0.3 is 0 Å². The van der Waals surface area contributed by atoms with Gasteiger partial charge in [0, 0.05) is 0 Å². The topological polar surface area (TPSA) is 87.2 Å². The Balaban J connectivity index is 3.42. The largest absolute Gasteiger partial charge is 0.335 e. The molecule has 9 heavy (non-hydrogen) atoms. The predicted octanol–water partition coefficient (Wildman–Crippen LogP) is -2.13. The fourth-order valence-corrected chi connectivity index (χ4v) is 0.631. The van der Waals surface area contributed by atoms with Crippen molar-refractivity contribution in [2.45, 2.75) is 0 Å². The van der Waals surface area contributed by atoms with E-state index < -0.39 is 0 Å². The maximum absolute atomic E-state index is 5.26. The molecule has 0 aliphatic carbocycles. The lowest BCUT2D eigenvalue weighted by Crippen LogP contribution is -2.29. The lowest BCUT2D eigenvalue weighted by atomic mass is 11.2. The van der Waals surface area contributed by atoms with Gasteiger partial charge in [-0.25, -0.2) is 4.68 Å². The zero-order chi connectivity index (χ0) is 6.85. The van der Waals surface area contributed by atoms with E-state index in [4.69, 9.17) is 11.7 Å². The van der Waals surface area contributed by atoms with E-state index in [-0.39, 0.29) is 0 Å². The first-order chi connectivity index (χ1) is 4.25. The first-order valence-electron chi connectivity index (χ1n) is 2.10. The zero-order valence-corrected chi connectivity index (χ0v) is 5.36. The maximum Gasteiger partial charge on any atom is 0.273 e. The standard InChI is InChI=1S/C2H6N6S/c3-6-2-7(4)1-5-8(2)9/h1,9H,3-4H2. The fraction of sp³-hybridized carbons (Fsp3) is 0. The van der Waals surface area contributed by atoms with Crippen LogP contribution in [0, 0.1) is 0 Å². The van der Waals surface area contributed by atoms with E-state index in [2.05, 4.69) is 23.0 Å². The van der Waals surface area contributed by atoms with Gasteiger partial charge in [0.1, 0.15) is 6.33 Å². The van der Waals surface area contributed by atoms with Gasteiger partial charge in [0.25, 0.3) is 5.62 Å². The second kappa shape index (κ2) is 2.02. The minimum Gasteiger partial charge on any atom is -0.335 e. The molecule has 0 aliphatic rings. The molecule has 0 aliphatic heterocycles. The van der Waals surface area contributed by atoms with Crippen LogP contribution in [0.4, 0.5) is 0 Å². The lowest BCUT2D eigenvalue weighted by Gasteiger charge is -1.85. The van der Waals surface area contributed by atoms with Crippen molar-refractivity contribution in [3.63, 3.8) is 0 Å². The summed E-state index contributed by atoms with van der Waals surface area (Å²) in [5.41, 5.74) is 0.290. The number of aromatic nitrogens is 3. The molecule has 0 aromatic carbocycles. The third-order valence-electron chi connectivity index (χ3n) is 0.811. The molecule has 7 heteroatoms. The lowest BCUT2D eigenvalue weighted by molar-refractivity contribution is 0.836. The minimum absolute atomic E-state index is 0.290. The molecule has 6 nitrogen and oxygen atoms in total. The Morgan fingerprint density at radius 2 is 2.44 bits per heavy atom. The van der Waals surface area contributed by atoms with Crippen LogP contribution in [0.3, 0.4) is 0 Å². The SMILES string of the molecule is NN=c1n(N)cnn1S. The first-order valence-corrected chi connectivity index (χ1v) is 2.50. The first kappa shape index (κ1) is 6.02. The van der Waals surface area contributed by atoms with Crippen molar-refractivity contribution in [1.29, 1.82) is 0 Å². The summed E-state index contributed by atoms with van der Waals surface area (Å²) in [5, 5.41) is 6.92. The summed E-state index contributed by atoms with van der Waals surface area (Å²) in [7, 11) is 0. The van der Waals surface area contributed by atoms with E-state index in [1.165, 1.54) is 10.4 Å². The Morgan fingerprint density at radius 1 is 1.78 bits per heavy atom.